The standard InChI is InChI=1S/C22H21N3O3/c26-22(17-10-11-21(23-16-17)25-12-14-27-15-13-25)24-19-8-4-5-9-20(19)28-18-6-2-1-3-7-18/h1-11,16H,12-15H2,(H,24,26). The molecule has 0 radical (unpaired) electrons. The molecule has 1 aliphatic heterocycles. The lowest BCUT2D eigenvalue weighted by Crippen LogP contribution is -2.36. The van der Waals surface area contributed by atoms with E-state index in [9.17, 15) is 4.79 Å². The summed E-state index contributed by atoms with van der Waals surface area (Å²) < 4.78 is 11.3. The van der Waals surface area contributed by atoms with E-state index in [2.05, 4.69) is 15.2 Å². The molecule has 2 aromatic carbocycles. The average molecular weight is 375 g/mol. The summed E-state index contributed by atoms with van der Waals surface area (Å²) in [7, 11) is 0. The molecular weight excluding hydrogens is 354 g/mol. The molecule has 142 valence electrons. The predicted octanol–water partition coefficient (Wildman–Crippen LogP) is 3.96. The van der Waals surface area contributed by atoms with E-state index in [1.54, 1.807) is 12.3 Å². The van der Waals surface area contributed by atoms with Gasteiger partial charge in [-0.25, -0.2) is 4.98 Å². The minimum Gasteiger partial charge on any atom is -0.455 e. The molecule has 0 spiro atoms. The van der Waals surface area contributed by atoms with Crippen molar-refractivity contribution in [3.8, 4) is 11.5 Å². The van der Waals surface area contributed by atoms with Gasteiger partial charge in [0.1, 0.15) is 11.6 Å². The van der Waals surface area contributed by atoms with Crippen molar-refractivity contribution in [3.05, 3.63) is 78.5 Å². The fourth-order valence-electron chi connectivity index (χ4n) is 2.97. The van der Waals surface area contributed by atoms with Gasteiger partial charge >= 0.3 is 0 Å². The van der Waals surface area contributed by atoms with Crippen LogP contribution >= 0.6 is 0 Å². The molecule has 6 heteroatoms. The molecule has 1 N–H and O–H groups in total. The smallest absolute Gasteiger partial charge is 0.257 e. The van der Waals surface area contributed by atoms with Gasteiger partial charge in [0.25, 0.3) is 5.91 Å². The number of carbonyl (C=O) groups excluding carboxylic acids is 1. The Morgan fingerprint density at radius 3 is 2.46 bits per heavy atom. The highest BCUT2D eigenvalue weighted by atomic mass is 16.5. The van der Waals surface area contributed by atoms with Gasteiger partial charge in [0.2, 0.25) is 0 Å². The summed E-state index contributed by atoms with van der Waals surface area (Å²) in [6, 6.07) is 20.5. The first-order valence-electron chi connectivity index (χ1n) is 9.21. The number of aromatic nitrogens is 1. The maximum absolute atomic E-state index is 12.7. The summed E-state index contributed by atoms with van der Waals surface area (Å²) in [5.74, 6) is 1.92. The van der Waals surface area contributed by atoms with E-state index in [4.69, 9.17) is 9.47 Å². The lowest BCUT2D eigenvalue weighted by molar-refractivity contribution is 0.102. The largest absolute Gasteiger partial charge is 0.455 e. The minimum absolute atomic E-state index is 0.231. The van der Waals surface area contributed by atoms with Crippen LogP contribution in [0.5, 0.6) is 11.5 Å². The molecule has 6 nitrogen and oxygen atoms in total. The summed E-state index contributed by atoms with van der Waals surface area (Å²) in [5.41, 5.74) is 1.10. The van der Waals surface area contributed by atoms with Crippen LogP contribution in [0.3, 0.4) is 0 Å². The number of ether oxygens (including phenoxy) is 2. The van der Waals surface area contributed by atoms with Gasteiger partial charge < -0.3 is 19.7 Å². The van der Waals surface area contributed by atoms with E-state index in [1.165, 1.54) is 0 Å². The first-order valence-corrected chi connectivity index (χ1v) is 9.21. The average Bonchev–Trinajstić information content (AvgIpc) is 2.76. The van der Waals surface area contributed by atoms with Crippen LogP contribution in [0.2, 0.25) is 0 Å². The van der Waals surface area contributed by atoms with Crippen LogP contribution in [0, 0.1) is 0 Å². The molecule has 1 fully saturated rings. The number of pyridine rings is 1. The van der Waals surface area contributed by atoms with Crippen molar-refractivity contribution >= 4 is 17.4 Å². The maximum atomic E-state index is 12.7. The Bertz CT molecular complexity index is 923. The highest BCUT2D eigenvalue weighted by Gasteiger charge is 2.14. The Labute approximate surface area is 163 Å². The number of hydrogen-bond donors (Lipinski definition) is 1. The van der Waals surface area contributed by atoms with Gasteiger partial charge in [0, 0.05) is 19.3 Å². The van der Waals surface area contributed by atoms with Crippen molar-refractivity contribution in [1.82, 2.24) is 4.98 Å². The lowest BCUT2D eigenvalue weighted by Gasteiger charge is -2.27. The summed E-state index contributed by atoms with van der Waals surface area (Å²) >= 11 is 0. The molecule has 1 saturated heterocycles. The molecule has 0 bridgehead atoms. The Hall–Kier alpha value is -3.38. The number of benzene rings is 2. The van der Waals surface area contributed by atoms with E-state index in [0.29, 0.717) is 36.0 Å². The van der Waals surface area contributed by atoms with Crippen LogP contribution in [0.4, 0.5) is 11.5 Å². The number of carbonyl (C=O) groups is 1. The third kappa shape index (κ3) is 4.29. The second-order valence-corrected chi connectivity index (χ2v) is 6.37. The summed E-state index contributed by atoms with van der Waals surface area (Å²) in [6.07, 6.45) is 1.60. The van der Waals surface area contributed by atoms with Crippen LogP contribution < -0.4 is 15.0 Å². The summed E-state index contributed by atoms with van der Waals surface area (Å²) in [5, 5.41) is 2.91. The molecule has 0 atom stereocenters. The predicted molar refractivity (Wildman–Crippen MR) is 108 cm³/mol. The number of nitrogens with zero attached hydrogens (tertiary/aromatic N) is 2. The molecule has 1 amide bonds. The van der Waals surface area contributed by atoms with E-state index in [0.717, 1.165) is 18.9 Å². The molecule has 1 aromatic heterocycles. The second-order valence-electron chi connectivity index (χ2n) is 6.37. The SMILES string of the molecule is O=C(Nc1ccccc1Oc1ccccc1)c1ccc(N2CCOCC2)nc1. The van der Waals surface area contributed by atoms with E-state index in [1.807, 2.05) is 60.7 Å². The molecule has 3 aromatic rings. The van der Waals surface area contributed by atoms with Gasteiger partial charge in [0.15, 0.2) is 5.75 Å². The first kappa shape index (κ1) is 18.0. The molecule has 0 saturated carbocycles. The van der Waals surface area contributed by atoms with Gasteiger partial charge in [-0.05, 0) is 36.4 Å². The van der Waals surface area contributed by atoms with E-state index in [-0.39, 0.29) is 5.91 Å². The highest BCUT2D eigenvalue weighted by Crippen LogP contribution is 2.29. The minimum atomic E-state index is -0.231. The summed E-state index contributed by atoms with van der Waals surface area (Å²) in [6.45, 7) is 3.01. The molecule has 0 unspecified atom stereocenters. The number of morpholine rings is 1. The molecule has 0 aliphatic carbocycles. The second kappa shape index (κ2) is 8.54. The van der Waals surface area contributed by atoms with E-state index >= 15 is 0 Å². The van der Waals surface area contributed by atoms with Gasteiger partial charge in [-0.2, -0.15) is 0 Å². The number of anilines is 2. The lowest BCUT2D eigenvalue weighted by atomic mass is 10.2. The summed E-state index contributed by atoms with van der Waals surface area (Å²) in [4.78, 5) is 19.2. The van der Waals surface area contributed by atoms with Crippen molar-refractivity contribution in [2.24, 2.45) is 0 Å². The van der Waals surface area contributed by atoms with Crippen LogP contribution in [-0.2, 0) is 4.74 Å². The third-order valence-corrected chi connectivity index (χ3v) is 4.45. The zero-order chi connectivity index (χ0) is 19.2. The number of nitrogens with one attached hydrogen (secondary N) is 1. The van der Waals surface area contributed by atoms with Gasteiger partial charge in [-0.1, -0.05) is 30.3 Å². The number of rotatable bonds is 5. The fraction of sp³-hybridized carbons (Fsp3) is 0.182. The monoisotopic (exact) mass is 375 g/mol. The fourth-order valence-corrected chi connectivity index (χ4v) is 2.97. The quantitative estimate of drug-likeness (QED) is 0.731. The van der Waals surface area contributed by atoms with Crippen LogP contribution in [-0.4, -0.2) is 37.2 Å². The van der Waals surface area contributed by atoms with E-state index < -0.39 is 0 Å². The van der Waals surface area contributed by atoms with Crippen molar-refractivity contribution < 1.29 is 14.3 Å². The van der Waals surface area contributed by atoms with Crippen LogP contribution in [0.25, 0.3) is 0 Å². The van der Waals surface area contributed by atoms with Crippen LogP contribution in [0.1, 0.15) is 10.4 Å². The Balaban J connectivity index is 1.46. The number of hydrogen-bond acceptors (Lipinski definition) is 5. The molecule has 28 heavy (non-hydrogen) atoms. The zero-order valence-corrected chi connectivity index (χ0v) is 15.4. The van der Waals surface area contributed by atoms with Crippen molar-refractivity contribution in [2.75, 3.05) is 36.5 Å². The first-order chi connectivity index (χ1) is 13.8. The maximum Gasteiger partial charge on any atom is 0.257 e. The highest BCUT2D eigenvalue weighted by molar-refractivity contribution is 6.04. The third-order valence-electron chi connectivity index (χ3n) is 4.45. The van der Waals surface area contributed by atoms with Crippen LogP contribution in [0.15, 0.2) is 72.9 Å². The van der Waals surface area contributed by atoms with Gasteiger partial charge in [-0.3, -0.25) is 4.79 Å². The Kier molecular flexibility index (Phi) is 5.49. The van der Waals surface area contributed by atoms with Crippen molar-refractivity contribution in [3.63, 3.8) is 0 Å². The van der Waals surface area contributed by atoms with Crippen molar-refractivity contribution in [2.45, 2.75) is 0 Å². The molecule has 2 heterocycles. The normalized spacial score (nSPS) is 13.8. The van der Waals surface area contributed by atoms with Gasteiger partial charge in [-0.15, -0.1) is 0 Å². The van der Waals surface area contributed by atoms with Gasteiger partial charge in [0.05, 0.1) is 24.5 Å². The molecular formula is C22H21N3O3. The van der Waals surface area contributed by atoms with Crippen molar-refractivity contribution in [1.29, 1.82) is 0 Å². The zero-order valence-electron chi connectivity index (χ0n) is 15.4. The number of para-hydroxylation sites is 3. The Morgan fingerprint density at radius 2 is 1.71 bits per heavy atom. The molecule has 1 aliphatic rings. The molecule has 4 rings (SSSR count). The topological polar surface area (TPSA) is 63.7 Å². The Morgan fingerprint density at radius 1 is 0.964 bits per heavy atom. The number of amides is 1.